The van der Waals surface area contributed by atoms with E-state index in [4.69, 9.17) is 0 Å². The van der Waals surface area contributed by atoms with Gasteiger partial charge in [-0.1, -0.05) is 210 Å². The average molecular weight is 801 g/mol. The lowest BCUT2D eigenvalue weighted by atomic mass is 9.52. The lowest BCUT2D eigenvalue weighted by molar-refractivity contribution is 0.510. The van der Waals surface area contributed by atoms with Crippen molar-refractivity contribution >= 4 is 16.3 Å². The predicted molar refractivity (Wildman–Crippen MR) is 265 cm³/mol. The van der Waals surface area contributed by atoms with E-state index in [2.05, 4.69) is 242 Å². The second-order valence-electron chi connectivity index (χ2n) is 18.6. The maximum Gasteiger partial charge on any atom is 0.0439 e. The third kappa shape index (κ3) is 6.42. The summed E-state index contributed by atoms with van der Waals surface area (Å²) in [6.07, 6.45) is 8.21. The van der Waals surface area contributed by atoms with Crippen LogP contribution in [0.15, 0.2) is 200 Å². The minimum absolute atomic E-state index is 0.278. The molecule has 0 N–H and O–H groups in total. The Balaban J connectivity index is 1.39. The van der Waals surface area contributed by atoms with Gasteiger partial charge in [0.05, 0.1) is 0 Å². The molecule has 0 radical (unpaired) electrons. The van der Waals surface area contributed by atoms with Crippen LogP contribution in [0, 0.1) is 11.8 Å². The first-order chi connectivity index (χ1) is 30.2. The molecule has 0 heteroatoms. The van der Waals surface area contributed by atoms with Gasteiger partial charge in [-0.2, -0.15) is 0 Å². The first kappa shape index (κ1) is 39.6. The van der Waals surface area contributed by atoms with Crippen LogP contribution in [0.1, 0.15) is 98.4 Å². The highest BCUT2D eigenvalue weighted by Gasteiger charge is 2.51. The van der Waals surface area contributed by atoms with Gasteiger partial charge >= 0.3 is 0 Å². The Labute approximate surface area is 369 Å². The number of fused-ring (bicyclic) bond motifs is 3. The van der Waals surface area contributed by atoms with Crippen LogP contribution in [0.3, 0.4) is 0 Å². The molecule has 0 amide bonds. The van der Waals surface area contributed by atoms with E-state index in [1.807, 2.05) is 0 Å². The van der Waals surface area contributed by atoms with Crippen molar-refractivity contribution in [2.45, 2.75) is 64.7 Å². The largest absolute Gasteiger partial charge is 0.0808 e. The summed E-state index contributed by atoms with van der Waals surface area (Å²) in [5, 5.41) is 2.65. The molecule has 0 nitrogen and oxygen atoms in total. The molecule has 8 aromatic rings. The normalized spacial score (nSPS) is 19.8. The maximum atomic E-state index is 2.58. The summed E-state index contributed by atoms with van der Waals surface area (Å²) in [7, 11) is 0. The Hall–Kier alpha value is -6.50. The van der Waals surface area contributed by atoms with Gasteiger partial charge in [-0.05, 0) is 150 Å². The van der Waals surface area contributed by atoms with Crippen molar-refractivity contribution < 1.29 is 0 Å². The van der Waals surface area contributed by atoms with Crippen LogP contribution in [-0.4, -0.2) is 0 Å². The third-order valence-electron chi connectivity index (χ3n) is 14.6. The molecule has 0 fully saturated rings. The van der Waals surface area contributed by atoms with Gasteiger partial charge in [0, 0.05) is 10.8 Å². The minimum Gasteiger partial charge on any atom is -0.0808 e. The molecule has 0 saturated heterocycles. The van der Waals surface area contributed by atoms with E-state index < -0.39 is 10.8 Å². The molecule has 8 aromatic carbocycles. The van der Waals surface area contributed by atoms with Crippen LogP contribution >= 0.6 is 0 Å². The number of allylic oxidation sites excluding steroid dienone is 4. The zero-order valence-electron chi connectivity index (χ0n) is 37.0. The molecule has 0 spiro atoms. The molecule has 2 aliphatic carbocycles. The van der Waals surface area contributed by atoms with Crippen molar-refractivity contribution in [1.29, 1.82) is 0 Å². The third-order valence-corrected chi connectivity index (χ3v) is 14.6. The highest BCUT2D eigenvalue weighted by Crippen LogP contribution is 2.61. The van der Waals surface area contributed by atoms with Crippen molar-refractivity contribution in [1.82, 2.24) is 0 Å². The highest BCUT2D eigenvalue weighted by atomic mass is 14.5. The molecule has 10 rings (SSSR count). The second-order valence-corrected chi connectivity index (χ2v) is 18.6. The molecule has 0 bridgehead atoms. The van der Waals surface area contributed by atoms with Crippen LogP contribution in [0.25, 0.3) is 49.7 Å². The van der Waals surface area contributed by atoms with E-state index in [1.54, 1.807) is 0 Å². The zero-order chi connectivity index (χ0) is 42.6. The van der Waals surface area contributed by atoms with E-state index in [0.29, 0.717) is 11.8 Å². The van der Waals surface area contributed by atoms with Gasteiger partial charge in [-0.15, -0.1) is 0 Å². The monoisotopic (exact) mass is 800 g/mol. The topological polar surface area (TPSA) is 0 Å². The standard InChI is InChI=1S/C62H56/c1-41(2)43(4)59-53-27-17-16-26-50(53)40-58-60(59)62(6,57-39-48(44-20-10-7-11-21-44)34-37-52(57)47-24-14-9-15-25-47)55-29-19-18-28-54(55)61(58,5)56-38-49(45-32-30-42(3)31-33-45)35-36-51(56)46-22-12-8-13-23-46/h7-30,32-43H,31H2,1-6H3. The smallest absolute Gasteiger partial charge is 0.0439 e. The molecular formula is C62H56. The summed E-state index contributed by atoms with van der Waals surface area (Å²) in [6.45, 7) is 14.7. The van der Waals surface area contributed by atoms with Crippen LogP contribution in [0.2, 0.25) is 0 Å². The fourth-order valence-corrected chi connectivity index (χ4v) is 10.9. The van der Waals surface area contributed by atoms with Gasteiger partial charge < -0.3 is 0 Å². The number of benzene rings is 8. The summed E-state index contributed by atoms with van der Waals surface area (Å²) < 4.78 is 0. The summed E-state index contributed by atoms with van der Waals surface area (Å²) >= 11 is 0. The van der Waals surface area contributed by atoms with Gasteiger partial charge in [0.15, 0.2) is 0 Å². The van der Waals surface area contributed by atoms with Gasteiger partial charge in [0.1, 0.15) is 0 Å². The molecule has 4 atom stereocenters. The lowest BCUT2D eigenvalue weighted by Crippen LogP contribution is -2.43. The van der Waals surface area contributed by atoms with Gasteiger partial charge in [-0.25, -0.2) is 0 Å². The summed E-state index contributed by atoms with van der Waals surface area (Å²) in [6, 6.07) is 68.9. The van der Waals surface area contributed by atoms with Crippen LogP contribution in [0.4, 0.5) is 0 Å². The summed E-state index contributed by atoms with van der Waals surface area (Å²) in [4.78, 5) is 0. The first-order valence-corrected chi connectivity index (χ1v) is 22.7. The zero-order valence-corrected chi connectivity index (χ0v) is 37.0. The Morgan fingerprint density at radius 3 is 1.58 bits per heavy atom. The molecule has 0 aliphatic heterocycles. The molecule has 4 unspecified atom stereocenters. The maximum absolute atomic E-state index is 2.58. The molecular weight excluding hydrogens is 745 g/mol. The average Bonchev–Trinajstić information content (AvgIpc) is 3.33. The Morgan fingerprint density at radius 1 is 0.468 bits per heavy atom. The van der Waals surface area contributed by atoms with Crippen molar-refractivity contribution in [3.63, 3.8) is 0 Å². The van der Waals surface area contributed by atoms with Crippen molar-refractivity contribution in [3.8, 4) is 33.4 Å². The summed E-state index contributed by atoms with van der Waals surface area (Å²) in [5.74, 6) is 1.24. The van der Waals surface area contributed by atoms with E-state index in [9.17, 15) is 0 Å². The van der Waals surface area contributed by atoms with Gasteiger partial charge in [-0.3, -0.25) is 0 Å². The number of rotatable bonds is 8. The molecule has 0 heterocycles. The fourth-order valence-electron chi connectivity index (χ4n) is 10.9. The van der Waals surface area contributed by atoms with E-state index in [0.717, 1.165) is 6.42 Å². The van der Waals surface area contributed by atoms with E-state index in [1.165, 1.54) is 94.2 Å². The molecule has 0 saturated carbocycles. The minimum atomic E-state index is -0.542. The second kappa shape index (κ2) is 15.8. The Bertz CT molecular complexity index is 3000. The van der Waals surface area contributed by atoms with Crippen molar-refractivity contribution in [2.24, 2.45) is 11.8 Å². The quantitative estimate of drug-likeness (QED) is 0.144. The molecule has 0 aromatic heterocycles. The number of hydrogen-bond donors (Lipinski definition) is 0. The predicted octanol–water partition coefficient (Wildman–Crippen LogP) is 16.6. The first-order valence-electron chi connectivity index (χ1n) is 22.7. The van der Waals surface area contributed by atoms with Gasteiger partial charge in [0.2, 0.25) is 0 Å². The lowest BCUT2D eigenvalue weighted by Gasteiger charge is -2.50. The SMILES string of the molecule is CC1C=CC(c2ccc(-c3ccccc3)c(C3(C)c4ccccc4C(C)(c4cc(-c5ccccc5)ccc4-c4ccccc4)c4c3cc3ccccc3c4C(C)C(C)C)c2)=CC1. The Morgan fingerprint density at radius 2 is 0.984 bits per heavy atom. The Kier molecular flexibility index (Phi) is 10.1. The fraction of sp³-hybridized carbons (Fsp3) is 0.194. The molecule has 304 valence electrons. The van der Waals surface area contributed by atoms with Crippen LogP contribution < -0.4 is 0 Å². The van der Waals surface area contributed by atoms with Crippen molar-refractivity contribution in [2.75, 3.05) is 0 Å². The van der Waals surface area contributed by atoms with E-state index in [-0.39, 0.29) is 5.92 Å². The molecule has 2 aliphatic rings. The van der Waals surface area contributed by atoms with Crippen molar-refractivity contribution in [3.05, 3.63) is 245 Å². The summed E-state index contributed by atoms with van der Waals surface area (Å²) in [5.41, 5.74) is 18.7. The van der Waals surface area contributed by atoms with E-state index >= 15 is 0 Å². The van der Waals surface area contributed by atoms with Crippen LogP contribution in [-0.2, 0) is 10.8 Å². The number of hydrogen-bond acceptors (Lipinski definition) is 0. The van der Waals surface area contributed by atoms with Gasteiger partial charge in [0.25, 0.3) is 0 Å². The van der Waals surface area contributed by atoms with Crippen LogP contribution in [0.5, 0.6) is 0 Å². The highest BCUT2D eigenvalue weighted by molar-refractivity contribution is 5.93. The molecule has 62 heavy (non-hydrogen) atoms.